The fraction of sp³-hybridized carbons (Fsp3) is 0.550. The minimum atomic E-state index is -3.69. The zero-order valence-corrected chi connectivity index (χ0v) is 19.5. The van der Waals surface area contributed by atoms with E-state index in [-0.39, 0.29) is 21.0 Å². The highest BCUT2D eigenvalue weighted by atomic mass is 32.2. The summed E-state index contributed by atoms with van der Waals surface area (Å²) < 4.78 is 65.6. The van der Waals surface area contributed by atoms with Gasteiger partial charge in [-0.25, -0.2) is 16.8 Å². The Morgan fingerprint density at radius 2 is 1.65 bits per heavy atom. The first kappa shape index (κ1) is 22.3. The van der Waals surface area contributed by atoms with Crippen LogP contribution in [0, 0.1) is 19.3 Å². The standard InChI is InChI=1S/C20H27N3O6S2/c1-15-19(16(2)29-21-15)31(26,27)23-12-9-20(14-23)7-10-22(11-8-20)30(24,25)18-6-4-5-17(13-18)28-3/h4-6,13H,7-12,14H2,1-3H3. The number of sulfonamides is 2. The highest BCUT2D eigenvalue weighted by Crippen LogP contribution is 2.43. The molecule has 1 aromatic carbocycles. The molecule has 1 aromatic heterocycles. The molecule has 2 saturated heterocycles. The molecule has 2 fully saturated rings. The first-order valence-corrected chi connectivity index (χ1v) is 13.0. The van der Waals surface area contributed by atoms with Gasteiger partial charge in [-0.2, -0.15) is 8.61 Å². The van der Waals surface area contributed by atoms with Crippen LogP contribution in [0.2, 0.25) is 0 Å². The molecule has 0 aliphatic carbocycles. The summed E-state index contributed by atoms with van der Waals surface area (Å²) in [5.74, 6) is 0.781. The van der Waals surface area contributed by atoms with Crippen molar-refractivity contribution in [3.8, 4) is 5.75 Å². The van der Waals surface area contributed by atoms with E-state index in [0.29, 0.717) is 56.9 Å². The van der Waals surface area contributed by atoms with Crippen molar-refractivity contribution < 1.29 is 26.1 Å². The maximum Gasteiger partial charge on any atom is 0.248 e. The molecule has 0 unspecified atom stereocenters. The van der Waals surface area contributed by atoms with Gasteiger partial charge in [0.2, 0.25) is 20.0 Å². The smallest absolute Gasteiger partial charge is 0.248 e. The molecular formula is C20H27N3O6S2. The quantitative estimate of drug-likeness (QED) is 0.660. The second-order valence-electron chi connectivity index (χ2n) is 8.32. The second-order valence-corrected chi connectivity index (χ2v) is 12.1. The zero-order chi connectivity index (χ0) is 22.4. The van der Waals surface area contributed by atoms with Crippen LogP contribution >= 0.6 is 0 Å². The Hall–Kier alpha value is -1.95. The Bertz CT molecular complexity index is 1160. The molecule has 31 heavy (non-hydrogen) atoms. The molecule has 9 nitrogen and oxygen atoms in total. The van der Waals surface area contributed by atoms with E-state index in [1.165, 1.54) is 21.8 Å². The van der Waals surface area contributed by atoms with E-state index in [9.17, 15) is 16.8 Å². The van der Waals surface area contributed by atoms with Crippen LogP contribution < -0.4 is 4.74 Å². The molecule has 170 valence electrons. The molecule has 3 heterocycles. The number of nitrogens with zero attached hydrogens (tertiary/aromatic N) is 3. The third-order valence-electron chi connectivity index (χ3n) is 6.43. The molecule has 11 heteroatoms. The number of methoxy groups -OCH3 is 1. The van der Waals surface area contributed by atoms with Crippen LogP contribution in [0.5, 0.6) is 5.75 Å². The first-order valence-electron chi connectivity index (χ1n) is 10.2. The monoisotopic (exact) mass is 469 g/mol. The maximum atomic E-state index is 13.1. The van der Waals surface area contributed by atoms with Crippen molar-refractivity contribution in [1.82, 2.24) is 13.8 Å². The van der Waals surface area contributed by atoms with E-state index in [4.69, 9.17) is 9.26 Å². The Labute approximate surface area is 183 Å². The fourth-order valence-corrected chi connectivity index (χ4v) is 7.91. The van der Waals surface area contributed by atoms with Crippen molar-refractivity contribution in [2.75, 3.05) is 33.3 Å². The summed E-state index contributed by atoms with van der Waals surface area (Å²) in [5.41, 5.74) is 0.143. The van der Waals surface area contributed by atoms with E-state index in [1.54, 1.807) is 32.0 Å². The molecule has 1 spiro atoms. The third-order valence-corrected chi connectivity index (χ3v) is 10.4. The molecule has 0 atom stereocenters. The minimum Gasteiger partial charge on any atom is -0.497 e. The van der Waals surface area contributed by atoms with Crippen molar-refractivity contribution in [2.24, 2.45) is 5.41 Å². The Balaban J connectivity index is 1.48. The number of ether oxygens (including phenoxy) is 1. The van der Waals surface area contributed by atoms with Crippen LogP contribution in [0.1, 0.15) is 30.7 Å². The molecule has 2 aliphatic rings. The average Bonchev–Trinajstić information content (AvgIpc) is 3.32. The summed E-state index contributed by atoms with van der Waals surface area (Å²) in [6.07, 6.45) is 1.94. The van der Waals surface area contributed by atoms with E-state index >= 15 is 0 Å². The summed E-state index contributed by atoms with van der Waals surface area (Å²) in [5, 5.41) is 3.77. The molecule has 0 N–H and O–H groups in total. The largest absolute Gasteiger partial charge is 0.497 e. The number of hydrogen-bond acceptors (Lipinski definition) is 7. The van der Waals surface area contributed by atoms with E-state index in [0.717, 1.165) is 0 Å². The van der Waals surface area contributed by atoms with Crippen molar-refractivity contribution >= 4 is 20.0 Å². The number of benzene rings is 1. The Morgan fingerprint density at radius 1 is 1.00 bits per heavy atom. The van der Waals surface area contributed by atoms with Crippen molar-refractivity contribution in [3.05, 3.63) is 35.7 Å². The fourth-order valence-electron chi connectivity index (χ4n) is 4.59. The summed E-state index contributed by atoms with van der Waals surface area (Å²) in [6.45, 7) is 4.73. The van der Waals surface area contributed by atoms with Crippen LogP contribution in [0.3, 0.4) is 0 Å². The maximum absolute atomic E-state index is 13.1. The van der Waals surface area contributed by atoms with Gasteiger partial charge in [-0.15, -0.1) is 0 Å². The lowest BCUT2D eigenvalue weighted by molar-refractivity contribution is 0.167. The summed E-state index contributed by atoms with van der Waals surface area (Å²) in [4.78, 5) is 0.347. The summed E-state index contributed by atoms with van der Waals surface area (Å²) >= 11 is 0. The predicted octanol–water partition coefficient (Wildman–Crippen LogP) is 2.17. The van der Waals surface area contributed by atoms with Gasteiger partial charge in [0, 0.05) is 32.2 Å². The van der Waals surface area contributed by atoms with Gasteiger partial charge in [0.05, 0.1) is 12.0 Å². The van der Waals surface area contributed by atoms with Crippen LogP contribution in [0.4, 0.5) is 0 Å². The van der Waals surface area contributed by atoms with Crippen LogP contribution in [-0.4, -0.2) is 63.9 Å². The summed E-state index contributed by atoms with van der Waals surface area (Å²) in [6, 6.07) is 6.45. The lowest BCUT2D eigenvalue weighted by Gasteiger charge is -2.38. The number of aryl methyl sites for hydroxylation is 2. The molecule has 0 radical (unpaired) electrons. The zero-order valence-electron chi connectivity index (χ0n) is 17.9. The van der Waals surface area contributed by atoms with Crippen molar-refractivity contribution in [2.45, 2.75) is 42.9 Å². The van der Waals surface area contributed by atoms with Gasteiger partial charge in [-0.05, 0) is 50.7 Å². The Kier molecular flexibility index (Phi) is 5.65. The normalized spacial score (nSPS) is 20.4. The molecule has 4 rings (SSSR count). The topological polar surface area (TPSA) is 110 Å². The van der Waals surface area contributed by atoms with Gasteiger partial charge in [-0.1, -0.05) is 11.2 Å². The van der Waals surface area contributed by atoms with Crippen LogP contribution in [-0.2, 0) is 20.0 Å². The molecule has 0 amide bonds. The van der Waals surface area contributed by atoms with Gasteiger partial charge in [0.1, 0.15) is 16.3 Å². The number of piperidine rings is 1. The van der Waals surface area contributed by atoms with E-state index in [1.807, 2.05) is 0 Å². The molecule has 0 saturated carbocycles. The van der Waals surface area contributed by atoms with Gasteiger partial charge >= 0.3 is 0 Å². The predicted molar refractivity (Wildman–Crippen MR) is 113 cm³/mol. The SMILES string of the molecule is COc1cccc(S(=O)(=O)N2CCC3(CC2)CCN(S(=O)(=O)c2c(C)noc2C)C3)c1. The molecule has 2 aromatic rings. The highest BCUT2D eigenvalue weighted by Gasteiger charge is 2.47. The molecular weight excluding hydrogens is 442 g/mol. The molecule has 0 bridgehead atoms. The lowest BCUT2D eigenvalue weighted by atomic mass is 9.78. The van der Waals surface area contributed by atoms with Gasteiger partial charge in [0.25, 0.3) is 0 Å². The van der Waals surface area contributed by atoms with Crippen molar-refractivity contribution in [3.63, 3.8) is 0 Å². The lowest BCUT2D eigenvalue weighted by Crippen LogP contribution is -2.44. The van der Waals surface area contributed by atoms with Gasteiger partial charge in [-0.3, -0.25) is 0 Å². The first-order chi connectivity index (χ1) is 14.6. The molecule has 2 aliphatic heterocycles. The van der Waals surface area contributed by atoms with Crippen LogP contribution in [0.15, 0.2) is 38.6 Å². The number of rotatable bonds is 5. The number of hydrogen-bond donors (Lipinski definition) is 0. The number of aromatic nitrogens is 1. The van der Waals surface area contributed by atoms with Crippen LogP contribution in [0.25, 0.3) is 0 Å². The second kappa shape index (κ2) is 7.88. The van der Waals surface area contributed by atoms with E-state index in [2.05, 4.69) is 5.16 Å². The van der Waals surface area contributed by atoms with E-state index < -0.39 is 20.0 Å². The van der Waals surface area contributed by atoms with Gasteiger partial charge in [0.15, 0.2) is 5.76 Å². The minimum absolute atomic E-state index is 0.141. The van der Waals surface area contributed by atoms with Gasteiger partial charge < -0.3 is 9.26 Å². The average molecular weight is 470 g/mol. The third kappa shape index (κ3) is 3.88. The highest BCUT2D eigenvalue weighted by molar-refractivity contribution is 7.89. The van der Waals surface area contributed by atoms with Crippen molar-refractivity contribution in [1.29, 1.82) is 0 Å². The Morgan fingerprint density at radius 3 is 2.23 bits per heavy atom. The summed E-state index contributed by atoms with van der Waals surface area (Å²) in [7, 11) is -5.82.